The van der Waals surface area contributed by atoms with Crippen LogP contribution in [-0.2, 0) is 21.6 Å². The van der Waals surface area contributed by atoms with Gasteiger partial charge in [-0.2, -0.15) is 0 Å². The summed E-state index contributed by atoms with van der Waals surface area (Å²) in [6.07, 6.45) is 3.00. The number of fused-ring (bicyclic) bond motifs is 2. The molecule has 0 aromatic heterocycles. The minimum absolute atomic E-state index is 0.0988. The first kappa shape index (κ1) is 22.2. The lowest BCUT2D eigenvalue weighted by Crippen LogP contribution is -2.14. The van der Waals surface area contributed by atoms with Gasteiger partial charge in [0.05, 0.1) is 11.5 Å². The van der Waals surface area contributed by atoms with Gasteiger partial charge in [-0.3, -0.25) is 18.0 Å². The maximum absolute atomic E-state index is 13.2. The van der Waals surface area contributed by atoms with Gasteiger partial charge in [-0.25, -0.2) is 0 Å². The van der Waals surface area contributed by atoms with Gasteiger partial charge < -0.3 is 0 Å². The van der Waals surface area contributed by atoms with Gasteiger partial charge in [-0.15, -0.1) is 0 Å². The van der Waals surface area contributed by atoms with Crippen LogP contribution in [-0.4, -0.2) is 44.0 Å². The average molecular weight is 463 g/mol. The second-order valence-electron chi connectivity index (χ2n) is 7.70. The molecule has 0 spiro atoms. The maximum Gasteiger partial charge on any atom is 0.175 e. The van der Waals surface area contributed by atoms with Gasteiger partial charge in [0.25, 0.3) is 0 Å². The predicted molar refractivity (Wildman–Crippen MR) is 133 cm³/mol. The quantitative estimate of drug-likeness (QED) is 0.371. The summed E-state index contributed by atoms with van der Waals surface area (Å²) in [5.74, 6) is -0.675. The zero-order valence-electron chi connectivity index (χ0n) is 17.8. The summed E-state index contributed by atoms with van der Waals surface area (Å²) in [7, 11) is -2.60. The first-order valence-electron chi connectivity index (χ1n) is 10.1. The van der Waals surface area contributed by atoms with Crippen molar-refractivity contribution in [2.45, 2.75) is 0 Å². The summed E-state index contributed by atoms with van der Waals surface area (Å²) in [5, 5.41) is 3.54. The molecule has 0 heterocycles. The molecule has 0 amide bonds. The van der Waals surface area contributed by atoms with Crippen molar-refractivity contribution in [3.8, 4) is 11.1 Å². The van der Waals surface area contributed by atoms with E-state index in [9.17, 15) is 18.0 Å². The lowest BCUT2D eigenvalue weighted by atomic mass is 9.85. The van der Waals surface area contributed by atoms with Crippen molar-refractivity contribution in [1.82, 2.24) is 0 Å². The number of carbonyl (C=O) groups is 2. The monoisotopic (exact) mass is 462 g/mol. The molecule has 162 valence electrons. The van der Waals surface area contributed by atoms with Crippen LogP contribution in [0.4, 0.5) is 0 Å². The van der Waals surface area contributed by atoms with E-state index in [1.54, 1.807) is 12.1 Å². The fraction of sp³-hybridized carbons (Fsp3) is 0.154. The molecule has 2 atom stereocenters. The van der Waals surface area contributed by atoms with Crippen molar-refractivity contribution in [3.05, 3.63) is 83.9 Å². The second kappa shape index (κ2) is 9.27. The molecule has 4 aromatic carbocycles. The van der Waals surface area contributed by atoms with Gasteiger partial charge in [-0.1, -0.05) is 72.8 Å². The summed E-state index contributed by atoms with van der Waals surface area (Å²) in [4.78, 5) is 26.3. The van der Waals surface area contributed by atoms with Crippen molar-refractivity contribution in [3.63, 3.8) is 0 Å². The molecular weight excluding hydrogens is 440 g/mol. The molecule has 2 unspecified atom stereocenters. The molecule has 4 rings (SSSR count). The highest BCUT2D eigenvalue weighted by molar-refractivity contribution is 7.85. The van der Waals surface area contributed by atoms with Crippen LogP contribution >= 0.6 is 0 Å². The Morgan fingerprint density at radius 2 is 0.969 bits per heavy atom. The van der Waals surface area contributed by atoms with Crippen LogP contribution in [0.1, 0.15) is 20.7 Å². The molecule has 0 aliphatic heterocycles. The Hall–Kier alpha value is -2.96. The Balaban J connectivity index is 2.15. The minimum Gasteiger partial charge on any atom is -0.293 e. The molecule has 0 bridgehead atoms. The SMILES string of the molecule is CS(=O)CC(=O)c1ccc2ccccc2c1-c1c(C(=O)CS(C)=O)ccc2ccccc12. The van der Waals surface area contributed by atoms with E-state index in [1.165, 1.54) is 12.5 Å². The Labute approximate surface area is 191 Å². The third-order valence-corrected chi connectivity index (χ3v) is 6.72. The molecule has 0 saturated heterocycles. The first-order chi connectivity index (χ1) is 15.4. The van der Waals surface area contributed by atoms with Crippen LogP contribution < -0.4 is 0 Å². The van der Waals surface area contributed by atoms with Gasteiger partial charge >= 0.3 is 0 Å². The molecule has 0 aliphatic carbocycles. The molecule has 0 radical (unpaired) electrons. The van der Waals surface area contributed by atoms with Crippen molar-refractivity contribution < 1.29 is 18.0 Å². The van der Waals surface area contributed by atoms with E-state index in [4.69, 9.17) is 0 Å². The third-order valence-electron chi connectivity index (χ3n) is 5.38. The number of rotatable bonds is 7. The molecule has 4 aromatic rings. The summed E-state index contributed by atoms with van der Waals surface area (Å²) in [6.45, 7) is 0. The van der Waals surface area contributed by atoms with Crippen molar-refractivity contribution in [2.24, 2.45) is 0 Å². The smallest absolute Gasteiger partial charge is 0.175 e. The molecule has 0 fully saturated rings. The molecule has 6 heteroatoms. The van der Waals surface area contributed by atoms with Crippen LogP contribution in [0.15, 0.2) is 72.8 Å². The molecule has 0 N–H and O–H groups in total. The van der Waals surface area contributed by atoms with E-state index in [0.717, 1.165) is 21.5 Å². The Morgan fingerprint density at radius 3 is 1.34 bits per heavy atom. The lowest BCUT2D eigenvalue weighted by molar-refractivity contribution is 0.101. The van der Waals surface area contributed by atoms with E-state index in [-0.39, 0.29) is 23.1 Å². The average Bonchev–Trinajstić information content (AvgIpc) is 2.76. The summed E-state index contributed by atoms with van der Waals surface area (Å²) < 4.78 is 23.7. The van der Waals surface area contributed by atoms with E-state index in [2.05, 4.69) is 0 Å². The minimum atomic E-state index is -1.30. The van der Waals surface area contributed by atoms with Crippen LogP contribution in [0.25, 0.3) is 32.7 Å². The maximum atomic E-state index is 13.2. The van der Waals surface area contributed by atoms with E-state index >= 15 is 0 Å². The predicted octanol–water partition coefficient (Wildman–Crippen LogP) is 4.78. The molecule has 0 aliphatic rings. The third kappa shape index (κ3) is 4.33. The zero-order chi connectivity index (χ0) is 22.8. The van der Waals surface area contributed by atoms with Crippen molar-refractivity contribution in [2.75, 3.05) is 24.0 Å². The normalized spacial score (nSPS) is 13.2. The zero-order valence-corrected chi connectivity index (χ0v) is 19.4. The number of benzene rings is 4. The molecule has 32 heavy (non-hydrogen) atoms. The van der Waals surface area contributed by atoms with E-state index < -0.39 is 21.6 Å². The summed E-state index contributed by atoms with van der Waals surface area (Å²) in [6, 6.07) is 22.7. The fourth-order valence-corrected chi connectivity index (χ4v) is 5.12. The Bertz CT molecular complexity index is 1310. The van der Waals surface area contributed by atoms with Crippen LogP contribution in [0, 0.1) is 0 Å². The van der Waals surface area contributed by atoms with Crippen LogP contribution in [0.5, 0.6) is 0 Å². The van der Waals surface area contributed by atoms with Gasteiger partial charge in [0.2, 0.25) is 0 Å². The highest BCUT2D eigenvalue weighted by atomic mass is 32.2. The number of Topliss-reactive ketones (excluding diaryl/α,β-unsaturated/α-hetero) is 2. The molecule has 0 saturated carbocycles. The van der Waals surface area contributed by atoms with E-state index in [0.29, 0.717) is 22.3 Å². The van der Waals surface area contributed by atoms with E-state index in [1.807, 2.05) is 60.7 Å². The summed E-state index contributed by atoms with van der Waals surface area (Å²) in [5.41, 5.74) is 2.17. The fourth-order valence-electron chi connectivity index (χ4n) is 4.07. The largest absolute Gasteiger partial charge is 0.293 e. The number of ketones is 2. The first-order valence-corrected chi connectivity index (χ1v) is 13.5. The number of hydrogen-bond acceptors (Lipinski definition) is 4. The second-order valence-corrected chi connectivity index (χ2v) is 10.6. The van der Waals surface area contributed by atoms with Crippen LogP contribution in [0.3, 0.4) is 0 Å². The number of carbonyl (C=O) groups excluding carboxylic acids is 2. The molecule has 4 nitrogen and oxygen atoms in total. The lowest BCUT2D eigenvalue weighted by Gasteiger charge is -2.18. The highest BCUT2D eigenvalue weighted by Gasteiger charge is 2.23. The highest BCUT2D eigenvalue weighted by Crippen LogP contribution is 2.39. The van der Waals surface area contributed by atoms with Crippen LogP contribution in [0.2, 0.25) is 0 Å². The van der Waals surface area contributed by atoms with Gasteiger partial charge in [0.1, 0.15) is 0 Å². The molecular formula is C26H22O4S2. The standard InChI is InChI=1S/C26H22O4S2/c1-31(29)15-23(27)21-13-11-17-7-3-5-9-19(17)25(21)26-20-10-6-4-8-18(20)12-14-22(26)24(28)16-32(2)30/h3-14H,15-16H2,1-2H3. The van der Waals surface area contributed by atoms with Gasteiger partial charge in [0.15, 0.2) is 11.6 Å². The number of hydrogen-bond donors (Lipinski definition) is 0. The summed E-state index contributed by atoms with van der Waals surface area (Å²) >= 11 is 0. The Morgan fingerprint density at radius 1 is 0.594 bits per heavy atom. The van der Waals surface area contributed by atoms with Gasteiger partial charge in [-0.05, 0) is 21.5 Å². The topological polar surface area (TPSA) is 68.3 Å². The Kier molecular flexibility index (Phi) is 6.44. The van der Waals surface area contributed by atoms with Crippen molar-refractivity contribution in [1.29, 1.82) is 0 Å². The van der Waals surface area contributed by atoms with Crippen molar-refractivity contribution >= 4 is 54.7 Å². The van der Waals surface area contributed by atoms with Gasteiger partial charge in [0, 0.05) is 56.4 Å².